The van der Waals surface area contributed by atoms with Gasteiger partial charge in [0.15, 0.2) is 6.10 Å². The maximum absolute atomic E-state index is 12.2. The molecule has 9 nitrogen and oxygen atoms in total. The Labute approximate surface area is 161 Å². The zero-order valence-electron chi connectivity index (χ0n) is 15.5. The Kier molecular flexibility index (Phi) is 6.91. The Morgan fingerprint density at radius 3 is 2.50 bits per heavy atom. The molecule has 1 amide bonds. The Balaban J connectivity index is 1.88. The van der Waals surface area contributed by atoms with Gasteiger partial charge in [-0.25, -0.2) is 4.79 Å². The molecule has 2 aromatic rings. The van der Waals surface area contributed by atoms with Gasteiger partial charge in [-0.2, -0.15) is 0 Å². The Hall–Kier alpha value is -3.62. The minimum absolute atomic E-state index is 0.0303. The van der Waals surface area contributed by atoms with E-state index in [1.165, 1.54) is 19.1 Å². The maximum atomic E-state index is 12.2. The highest BCUT2D eigenvalue weighted by Gasteiger charge is 2.22. The molecule has 0 saturated heterocycles. The molecule has 0 aromatic heterocycles. The van der Waals surface area contributed by atoms with E-state index >= 15 is 0 Å². The van der Waals surface area contributed by atoms with Crippen LogP contribution < -0.4 is 15.8 Å². The zero-order valence-corrected chi connectivity index (χ0v) is 15.5. The standard InChI is InChI=1S/C19H21N3O6/c1-12(18(23)21-10-9-13-3-6-15(27-2)7-4-13)28-19(24)16-11-14(22(25)26)5-8-17(16)20/h3-8,11-12H,9-10,20H2,1-2H3,(H,21,23)/t12-/m1/s1. The summed E-state index contributed by atoms with van der Waals surface area (Å²) in [5.74, 6) is -0.640. The smallest absolute Gasteiger partial charge is 0.341 e. The van der Waals surface area contributed by atoms with Crippen molar-refractivity contribution in [2.45, 2.75) is 19.4 Å². The van der Waals surface area contributed by atoms with Crippen molar-refractivity contribution in [3.8, 4) is 5.75 Å². The Morgan fingerprint density at radius 2 is 1.89 bits per heavy atom. The lowest BCUT2D eigenvalue weighted by Crippen LogP contribution is -2.37. The third kappa shape index (κ3) is 5.44. The van der Waals surface area contributed by atoms with Crippen LogP contribution in [0.15, 0.2) is 42.5 Å². The number of carbonyl (C=O) groups is 2. The number of esters is 1. The molecule has 0 saturated carbocycles. The van der Waals surface area contributed by atoms with Crippen molar-refractivity contribution in [3.63, 3.8) is 0 Å². The first-order valence-electron chi connectivity index (χ1n) is 8.47. The highest BCUT2D eigenvalue weighted by atomic mass is 16.6. The molecule has 0 bridgehead atoms. The number of hydrogen-bond donors (Lipinski definition) is 2. The van der Waals surface area contributed by atoms with E-state index in [2.05, 4.69) is 5.32 Å². The number of rotatable bonds is 8. The quantitative estimate of drug-likeness (QED) is 0.306. The van der Waals surface area contributed by atoms with Crippen molar-refractivity contribution in [2.75, 3.05) is 19.4 Å². The SMILES string of the molecule is COc1ccc(CCNC(=O)[C@@H](C)OC(=O)c2cc([N+](=O)[O-])ccc2N)cc1. The lowest BCUT2D eigenvalue weighted by atomic mass is 10.1. The van der Waals surface area contributed by atoms with Crippen LogP contribution in [0, 0.1) is 10.1 Å². The first-order chi connectivity index (χ1) is 13.3. The largest absolute Gasteiger partial charge is 0.497 e. The van der Waals surface area contributed by atoms with E-state index < -0.39 is 22.9 Å². The molecule has 28 heavy (non-hydrogen) atoms. The normalized spacial score (nSPS) is 11.4. The average molecular weight is 387 g/mol. The van der Waals surface area contributed by atoms with Gasteiger partial charge in [0.05, 0.1) is 17.6 Å². The number of nitro groups is 1. The van der Waals surface area contributed by atoms with E-state index in [9.17, 15) is 19.7 Å². The molecule has 0 spiro atoms. The monoisotopic (exact) mass is 387 g/mol. The van der Waals surface area contributed by atoms with Crippen molar-refractivity contribution < 1.29 is 24.0 Å². The molecule has 148 valence electrons. The van der Waals surface area contributed by atoms with E-state index in [0.717, 1.165) is 17.4 Å². The second-order valence-electron chi connectivity index (χ2n) is 5.97. The van der Waals surface area contributed by atoms with Gasteiger partial charge in [-0.3, -0.25) is 14.9 Å². The third-order valence-corrected chi connectivity index (χ3v) is 3.99. The fourth-order valence-electron chi connectivity index (χ4n) is 2.38. The Morgan fingerprint density at radius 1 is 1.21 bits per heavy atom. The summed E-state index contributed by atoms with van der Waals surface area (Å²) in [4.78, 5) is 34.5. The number of nitro benzene ring substituents is 1. The van der Waals surface area contributed by atoms with Crippen molar-refractivity contribution in [1.29, 1.82) is 0 Å². The second-order valence-corrected chi connectivity index (χ2v) is 5.97. The first kappa shape index (κ1) is 20.7. The minimum atomic E-state index is -1.08. The summed E-state index contributed by atoms with van der Waals surface area (Å²) in [7, 11) is 1.58. The molecule has 3 N–H and O–H groups in total. The molecule has 2 aromatic carbocycles. The number of nitrogens with two attached hydrogens (primary N) is 1. The molecule has 0 unspecified atom stereocenters. The van der Waals surface area contributed by atoms with Gasteiger partial charge in [0.25, 0.3) is 11.6 Å². The number of non-ortho nitro benzene ring substituents is 1. The van der Waals surface area contributed by atoms with Crippen molar-refractivity contribution in [3.05, 3.63) is 63.7 Å². The summed E-state index contributed by atoms with van der Waals surface area (Å²) >= 11 is 0. The minimum Gasteiger partial charge on any atom is -0.497 e. The summed E-state index contributed by atoms with van der Waals surface area (Å²) in [6, 6.07) is 10.9. The Bertz CT molecular complexity index is 866. The highest BCUT2D eigenvalue weighted by Crippen LogP contribution is 2.21. The van der Waals surface area contributed by atoms with E-state index in [1.807, 2.05) is 24.3 Å². The number of hydrogen-bond acceptors (Lipinski definition) is 7. The first-order valence-corrected chi connectivity index (χ1v) is 8.47. The number of nitrogens with zero attached hydrogens (tertiary/aromatic N) is 1. The van der Waals surface area contributed by atoms with Gasteiger partial charge >= 0.3 is 5.97 Å². The number of ether oxygens (including phenoxy) is 2. The number of amides is 1. The highest BCUT2D eigenvalue weighted by molar-refractivity contribution is 5.97. The lowest BCUT2D eigenvalue weighted by Gasteiger charge is -2.14. The van der Waals surface area contributed by atoms with Crippen molar-refractivity contribution >= 4 is 23.3 Å². The molecular formula is C19H21N3O6. The molecule has 0 heterocycles. The van der Waals surface area contributed by atoms with Crippen LogP contribution in [0.2, 0.25) is 0 Å². The van der Waals surface area contributed by atoms with Gasteiger partial charge in [0.1, 0.15) is 5.75 Å². The molecule has 0 fully saturated rings. The van der Waals surface area contributed by atoms with Gasteiger partial charge in [0, 0.05) is 24.4 Å². The van der Waals surface area contributed by atoms with Crippen LogP contribution in [-0.4, -0.2) is 36.6 Å². The number of methoxy groups -OCH3 is 1. The van der Waals surface area contributed by atoms with E-state index in [-0.39, 0.29) is 16.9 Å². The summed E-state index contributed by atoms with van der Waals surface area (Å²) < 4.78 is 10.2. The van der Waals surface area contributed by atoms with Gasteiger partial charge in [-0.1, -0.05) is 12.1 Å². The zero-order chi connectivity index (χ0) is 20.7. The van der Waals surface area contributed by atoms with Crippen molar-refractivity contribution in [1.82, 2.24) is 5.32 Å². The topological polar surface area (TPSA) is 134 Å². The predicted molar refractivity (Wildman–Crippen MR) is 102 cm³/mol. The summed E-state index contributed by atoms with van der Waals surface area (Å²) in [5, 5.41) is 13.5. The second kappa shape index (κ2) is 9.36. The molecule has 0 radical (unpaired) electrons. The molecule has 0 aliphatic heterocycles. The van der Waals surface area contributed by atoms with Gasteiger partial charge < -0.3 is 20.5 Å². The molecule has 0 aliphatic carbocycles. The average Bonchev–Trinajstić information content (AvgIpc) is 2.68. The number of carbonyl (C=O) groups excluding carboxylic acids is 2. The van der Waals surface area contributed by atoms with E-state index in [0.29, 0.717) is 13.0 Å². The number of nitrogens with one attached hydrogen (secondary N) is 1. The van der Waals surface area contributed by atoms with Crippen LogP contribution in [0.3, 0.4) is 0 Å². The van der Waals surface area contributed by atoms with Crippen LogP contribution >= 0.6 is 0 Å². The van der Waals surface area contributed by atoms with Crippen molar-refractivity contribution in [2.24, 2.45) is 0 Å². The third-order valence-electron chi connectivity index (χ3n) is 3.99. The summed E-state index contributed by atoms with van der Waals surface area (Å²) in [5.41, 5.74) is 6.26. The van der Waals surface area contributed by atoms with Crippen LogP contribution in [0.25, 0.3) is 0 Å². The van der Waals surface area contributed by atoms with Crippen LogP contribution in [0.5, 0.6) is 5.75 Å². The lowest BCUT2D eigenvalue weighted by molar-refractivity contribution is -0.384. The summed E-state index contributed by atoms with van der Waals surface area (Å²) in [6.45, 7) is 1.76. The maximum Gasteiger partial charge on any atom is 0.341 e. The van der Waals surface area contributed by atoms with Crippen LogP contribution in [-0.2, 0) is 16.0 Å². The number of benzene rings is 2. The molecule has 0 aliphatic rings. The molecule has 9 heteroatoms. The van der Waals surface area contributed by atoms with E-state index in [4.69, 9.17) is 15.2 Å². The van der Waals surface area contributed by atoms with E-state index in [1.54, 1.807) is 7.11 Å². The molecule has 2 rings (SSSR count). The van der Waals surface area contributed by atoms with Crippen LogP contribution in [0.1, 0.15) is 22.8 Å². The molecular weight excluding hydrogens is 366 g/mol. The van der Waals surface area contributed by atoms with Gasteiger partial charge in [-0.15, -0.1) is 0 Å². The fourth-order valence-corrected chi connectivity index (χ4v) is 2.38. The molecule has 1 atom stereocenters. The number of nitrogen functional groups attached to an aromatic ring is 1. The fraction of sp³-hybridized carbons (Fsp3) is 0.263. The van der Waals surface area contributed by atoms with Gasteiger partial charge in [-0.05, 0) is 37.1 Å². The van der Waals surface area contributed by atoms with Gasteiger partial charge in [0.2, 0.25) is 0 Å². The number of anilines is 1. The predicted octanol–water partition coefficient (Wildman–Crippen LogP) is 2.09. The van der Waals surface area contributed by atoms with Crippen LogP contribution in [0.4, 0.5) is 11.4 Å². The summed E-state index contributed by atoms with van der Waals surface area (Å²) in [6.07, 6.45) is -0.490.